The molecule has 1 amide bonds. The van der Waals surface area contributed by atoms with E-state index in [1.165, 1.54) is 6.92 Å². The van der Waals surface area contributed by atoms with Crippen molar-refractivity contribution >= 4 is 34.0 Å². The van der Waals surface area contributed by atoms with E-state index in [1.807, 2.05) is 37.4 Å². The molecular weight excluding hydrogens is 386 g/mol. The van der Waals surface area contributed by atoms with Gasteiger partial charge >= 0.3 is 0 Å². The number of anilines is 1. The van der Waals surface area contributed by atoms with Gasteiger partial charge in [-0.1, -0.05) is 30.3 Å². The summed E-state index contributed by atoms with van der Waals surface area (Å²) in [5, 5.41) is 2.65. The Hall–Kier alpha value is -1.93. The summed E-state index contributed by atoms with van der Waals surface area (Å²) < 4.78 is 28.0. The number of piperazine rings is 1. The van der Waals surface area contributed by atoms with Gasteiger partial charge in [0.15, 0.2) is 0 Å². The van der Waals surface area contributed by atoms with Crippen LogP contribution in [0.2, 0.25) is 0 Å². The molecule has 1 unspecified atom stereocenters. The van der Waals surface area contributed by atoms with E-state index in [0.29, 0.717) is 25.3 Å². The van der Waals surface area contributed by atoms with E-state index in [2.05, 4.69) is 10.2 Å². The Morgan fingerprint density at radius 3 is 2.26 bits per heavy atom. The molecule has 1 aliphatic heterocycles. The standard InChI is InChI=1S/C19H23N3O3S.ClH/c1-15(23)20-17-8-10-18(11-9-17)26(24,25)22-13-12-21(2)14-19(22)16-6-4-3-5-7-16;/h3-11,19H,12-14H2,1-2H3,(H,20,23);1H. The molecule has 1 atom stereocenters. The van der Waals surface area contributed by atoms with Gasteiger partial charge in [0.1, 0.15) is 0 Å². The topological polar surface area (TPSA) is 69.7 Å². The number of carbonyl (C=O) groups excluding carboxylic acids is 1. The summed E-state index contributed by atoms with van der Waals surface area (Å²) in [6.45, 7) is 3.19. The van der Waals surface area contributed by atoms with Gasteiger partial charge in [-0.05, 0) is 36.9 Å². The van der Waals surface area contributed by atoms with Crippen LogP contribution in [-0.4, -0.2) is 50.2 Å². The first-order valence-corrected chi connectivity index (χ1v) is 9.95. The van der Waals surface area contributed by atoms with E-state index in [-0.39, 0.29) is 29.3 Å². The summed E-state index contributed by atoms with van der Waals surface area (Å²) in [4.78, 5) is 13.5. The lowest BCUT2D eigenvalue weighted by Gasteiger charge is -2.39. The van der Waals surface area contributed by atoms with Crippen molar-refractivity contribution in [3.05, 3.63) is 60.2 Å². The predicted molar refractivity (Wildman–Crippen MR) is 109 cm³/mol. The number of amides is 1. The number of benzene rings is 2. The van der Waals surface area contributed by atoms with Crippen molar-refractivity contribution in [3.63, 3.8) is 0 Å². The Bertz CT molecular complexity index is 873. The Morgan fingerprint density at radius 2 is 1.67 bits per heavy atom. The summed E-state index contributed by atoms with van der Waals surface area (Å²) in [7, 11) is -1.63. The monoisotopic (exact) mass is 409 g/mol. The Kier molecular flexibility index (Phi) is 7.00. The molecule has 1 N–H and O–H groups in total. The van der Waals surface area contributed by atoms with Crippen LogP contribution in [0, 0.1) is 0 Å². The number of hydrogen-bond donors (Lipinski definition) is 1. The molecule has 0 saturated carbocycles. The summed E-state index contributed by atoms with van der Waals surface area (Å²) in [5.74, 6) is -0.191. The zero-order valence-electron chi connectivity index (χ0n) is 15.3. The van der Waals surface area contributed by atoms with Crippen LogP contribution in [0.4, 0.5) is 5.69 Å². The van der Waals surface area contributed by atoms with Gasteiger partial charge in [-0.3, -0.25) is 4.79 Å². The van der Waals surface area contributed by atoms with Crippen LogP contribution >= 0.6 is 12.4 Å². The molecule has 3 rings (SSSR count). The summed E-state index contributed by atoms with van der Waals surface area (Å²) >= 11 is 0. The Morgan fingerprint density at radius 1 is 1.04 bits per heavy atom. The first-order valence-electron chi connectivity index (χ1n) is 8.51. The highest BCUT2D eigenvalue weighted by Crippen LogP contribution is 2.31. The molecule has 1 heterocycles. The molecule has 2 aromatic carbocycles. The summed E-state index contributed by atoms with van der Waals surface area (Å²) in [5.41, 5.74) is 1.56. The van der Waals surface area contributed by atoms with E-state index in [1.54, 1.807) is 28.6 Å². The minimum absolute atomic E-state index is 0. The van der Waals surface area contributed by atoms with Crippen LogP contribution < -0.4 is 5.32 Å². The predicted octanol–water partition coefficient (Wildman–Crippen LogP) is 2.74. The molecule has 146 valence electrons. The van der Waals surface area contributed by atoms with Crippen molar-refractivity contribution in [2.24, 2.45) is 0 Å². The average molecular weight is 410 g/mol. The minimum atomic E-state index is -3.63. The Balaban J connectivity index is 0.00000261. The van der Waals surface area contributed by atoms with E-state index in [4.69, 9.17) is 0 Å². The van der Waals surface area contributed by atoms with Gasteiger partial charge in [-0.15, -0.1) is 12.4 Å². The molecule has 8 heteroatoms. The van der Waals surface area contributed by atoms with Gasteiger partial charge in [0.25, 0.3) is 0 Å². The molecular formula is C19H24ClN3O3S. The molecule has 2 aromatic rings. The van der Waals surface area contributed by atoms with Gasteiger partial charge in [0, 0.05) is 32.2 Å². The molecule has 0 aliphatic carbocycles. The van der Waals surface area contributed by atoms with E-state index < -0.39 is 10.0 Å². The molecule has 0 spiro atoms. The first kappa shape index (κ1) is 21.4. The third-order valence-electron chi connectivity index (χ3n) is 4.50. The van der Waals surface area contributed by atoms with Crippen LogP contribution in [0.25, 0.3) is 0 Å². The second-order valence-electron chi connectivity index (χ2n) is 6.51. The fourth-order valence-corrected chi connectivity index (χ4v) is 4.78. The normalized spacial score (nSPS) is 18.5. The van der Waals surface area contributed by atoms with Crippen LogP contribution in [0.15, 0.2) is 59.5 Å². The quantitative estimate of drug-likeness (QED) is 0.842. The largest absolute Gasteiger partial charge is 0.326 e. The van der Waals surface area contributed by atoms with Gasteiger partial charge in [0.2, 0.25) is 15.9 Å². The molecule has 1 fully saturated rings. The van der Waals surface area contributed by atoms with Gasteiger partial charge in [0.05, 0.1) is 10.9 Å². The summed E-state index contributed by atoms with van der Waals surface area (Å²) in [6, 6.07) is 15.8. The SMILES string of the molecule is CC(=O)Nc1ccc(S(=O)(=O)N2CCN(C)CC2c2ccccc2)cc1.Cl. The zero-order chi connectivity index (χ0) is 18.7. The van der Waals surface area contributed by atoms with Crippen LogP contribution in [0.5, 0.6) is 0 Å². The molecule has 6 nitrogen and oxygen atoms in total. The van der Waals surface area contributed by atoms with Gasteiger partial charge < -0.3 is 10.2 Å². The minimum Gasteiger partial charge on any atom is -0.326 e. The lowest BCUT2D eigenvalue weighted by molar-refractivity contribution is -0.114. The van der Waals surface area contributed by atoms with Crippen molar-refractivity contribution in [2.45, 2.75) is 17.9 Å². The number of sulfonamides is 1. The maximum absolute atomic E-state index is 13.2. The smallest absolute Gasteiger partial charge is 0.243 e. The second kappa shape index (κ2) is 8.84. The van der Waals surface area contributed by atoms with Crippen molar-refractivity contribution in [1.29, 1.82) is 0 Å². The average Bonchev–Trinajstić information content (AvgIpc) is 2.62. The molecule has 0 aromatic heterocycles. The van der Waals surface area contributed by atoms with Crippen molar-refractivity contribution < 1.29 is 13.2 Å². The number of likely N-dealkylation sites (N-methyl/N-ethyl adjacent to an activating group) is 1. The summed E-state index contributed by atoms with van der Waals surface area (Å²) in [6.07, 6.45) is 0. The van der Waals surface area contributed by atoms with E-state index in [0.717, 1.165) is 5.56 Å². The lowest BCUT2D eigenvalue weighted by Crippen LogP contribution is -2.49. The number of nitrogens with one attached hydrogen (secondary N) is 1. The van der Waals surface area contributed by atoms with Crippen LogP contribution in [0.3, 0.4) is 0 Å². The maximum atomic E-state index is 13.2. The number of rotatable bonds is 4. The second-order valence-corrected chi connectivity index (χ2v) is 8.40. The molecule has 0 radical (unpaired) electrons. The zero-order valence-corrected chi connectivity index (χ0v) is 17.0. The molecule has 27 heavy (non-hydrogen) atoms. The maximum Gasteiger partial charge on any atom is 0.243 e. The fourth-order valence-electron chi connectivity index (χ4n) is 3.19. The first-order chi connectivity index (χ1) is 12.4. The molecule has 0 bridgehead atoms. The van der Waals surface area contributed by atoms with Crippen molar-refractivity contribution in [2.75, 3.05) is 32.0 Å². The highest BCUT2D eigenvalue weighted by atomic mass is 35.5. The van der Waals surface area contributed by atoms with Crippen LogP contribution in [-0.2, 0) is 14.8 Å². The van der Waals surface area contributed by atoms with Crippen molar-refractivity contribution in [3.8, 4) is 0 Å². The number of hydrogen-bond acceptors (Lipinski definition) is 4. The van der Waals surface area contributed by atoms with Gasteiger partial charge in [-0.2, -0.15) is 4.31 Å². The van der Waals surface area contributed by atoms with E-state index >= 15 is 0 Å². The number of halogens is 1. The molecule has 1 saturated heterocycles. The fraction of sp³-hybridized carbons (Fsp3) is 0.316. The lowest BCUT2D eigenvalue weighted by atomic mass is 10.1. The Labute approximate surface area is 166 Å². The van der Waals surface area contributed by atoms with Crippen LogP contribution in [0.1, 0.15) is 18.5 Å². The molecule has 1 aliphatic rings. The van der Waals surface area contributed by atoms with Crippen molar-refractivity contribution in [1.82, 2.24) is 9.21 Å². The highest BCUT2D eigenvalue weighted by molar-refractivity contribution is 7.89. The number of carbonyl (C=O) groups is 1. The third-order valence-corrected chi connectivity index (χ3v) is 6.42. The van der Waals surface area contributed by atoms with Gasteiger partial charge in [-0.25, -0.2) is 8.42 Å². The highest BCUT2D eigenvalue weighted by Gasteiger charge is 2.35. The third kappa shape index (κ3) is 4.87. The number of nitrogens with zero attached hydrogens (tertiary/aromatic N) is 2. The van der Waals surface area contributed by atoms with E-state index in [9.17, 15) is 13.2 Å².